The van der Waals surface area contributed by atoms with Crippen molar-refractivity contribution in [3.8, 4) is 0 Å². The molecule has 0 aromatic carbocycles. The summed E-state index contributed by atoms with van der Waals surface area (Å²) in [6, 6.07) is -0.313. The van der Waals surface area contributed by atoms with Crippen molar-refractivity contribution >= 4 is 11.7 Å². The van der Waals surface area contributed by atoms with Crippen LogP contribution in [0, 0.1) is 0 Å². The summed E-state index contributed by atoms with van der Waals surface area (Å²) in [4.78, 5) is 11.1. The fourth-order valence-electron chi connectivity index (χ4n) is 0.764. The second-order valence-electron chi connectivity index (χ2n) is 2.98. The normalized spacial score (nSPS) is 13.7. The van der Waals surface area contributed by atoms with Crippen LogP contribution in [-0.4, -0.2) is 36.1 Å². The molecule has 0 aromatic rings. The summed E-state index contributed by atoms with van der Waals surface area (Å²) < 4.78 is 0. The summed E-state index contributed by atoms with van der Waals surface area (Å²) in [5.74, 6) is -0.0299. The van der Waals surface area contributed by atoms with Crippen molar-refractivity contribution in [1.29, 1.82) is 0 Å². The molecule has 0 rings (SSSR count). The van der Waals surface area contributed by atoms with E-state index in [-0.39, 0.29) is 24.3 Å². The first-order chi connectivity index (χ1) is 6.61. The number of nitrogens with zero attached hydrogens (tertiary/aromatic N) is 1. The van der Waals surface area contributed by atoms with Gasteiger partial charge in [0.1, 0.15) is 0 Å². The molecule has 0 fully saturated rings. The Morgan fingerprint density at radius 2 is 2.29 bits per heavy atom. The monoisotopic (exact) mass is 202 g/mol. The molecule has 0 radical (unpaired) electrons. The Balaban J connectivity index is 3.66. The van der Waals surface area contributed by atoms with E-state index < -0.39 is 0 Å². The Morgan fingerprint density at radius 1 is 1.64 bits per heavy atom. The van der Waals surface area contributed by atoms with E-state index >= 15 is 0 Å². The average molecular weight is 202 g/mol. The van der Waals surface area contributed by atoms with Crippen LogP contribution in [0.2, 0.25) is 0 Å². The van der Waals surface area contributed by atoms with Gasteiger partial charge in [-0.1, -0.05) is 12.1 Å². The SMILES string of the molecule is CCCNC(=O)CNC(C)C(N)=NO. The standard InChI is InChI=1S/C8H18N4O2/c1-3-4-10-7(13)5-11-6(2)8(9)12-14/h6,11,14H,3-5H2,1-2H3,(H2,9,12)(H,10,13). The van der Waals surface area contributed by atoms with Crippen molar-refractivity contribution in [1.82, 2.24) is 10.6 Å². The number of amides is 1. The smallest absolute Gasteiger partial charge is 0.233 e. The van der Waals surface area contributed by atoms with Gasteiger partial charge in [0, 0.05) is 6.54 Å². The summed E-state index contributed by atoms with van der Waals surface area (Å²) in [6.45, 7) is 4.52. The van der Waals surface area contributed by atoms with Crippen LogP contribution >= 0.6 is 0 Å². The van der Waals surface area contributed by atoms with Crippen molar-refractivity contribution in [2.45, 2.75) is 26.3 Å². The number of oxime groups is 1. The lowest BCUT2D eigenvalue weighted by molar-refractivity contribution is -0.120. The van der Waals surface area contributed by atoms with Crippen LogP contribution in [0.3, 0.4) is 0 Å². The Labute approximate surface area is 83.5 Å². The van der Waals surface area contributed by atoms with E-state index in [0.29, 0.717) is 6.54 Å². The summed E-state index contributed by atoms with van der Waals surface area (Å²) in [7, 11) is 0. The molecule has 0 aliphatic rings. The minimum atomic E-state index is -0.313. The van der Waals surface area contributed by atoms with Gasteiger partial charge in [-0.05, 0) is 13.3 Å². The number of nitrogens with one attached hydrogen (secondary N) is 2. The highest BCUT2D eigenvalue weighted by Crippen LogP contribution is 1.80. The molecule has 5 N–H and O–H groups in total. The number of carbonyl (C=O) groups is 1. The lowest BCUT2D eigenvalue weighted by Gasteiger charge is -2.11. The topological polar surface area (TPSA) is 99.7 Å². The lowest BCUT2D eigenvalue weighted by Crippen LogP contribution is -2.44. The number of nitrogens with two attached hydrogens (primary N) is 1. The Morgan fingerprint density at radius 3 is 2.79 bits per heavy atom. The van der Waals surface area contributed by atoms with Crippen LogP contribution in [0.25, 0.3) is 0 Å². The van der Waals surface area contributed by atoms with Crippen LogP contribution in [0.4, 0.5) is 0 Å². The highest BCUT2D eigenvalue weighted by Gasteiger charge is 2.08. The van der Waals surface area contributed by atoms with Crippen LogP contribution < -0.4 is 16.4 Å². The van der Waals surface area contributed by atoms with Gasteiger partial charge in [-0.15, -0.1) is 0 Å². The largest absolute Gasteiger partial charge is 0.409 e. The Hall–Kier alpha value is -1.30. The lowest BCUT2D eigenvalue weighted by atomic mass is 10.3. The molecule has 0 spiro atoms. The van der Waals surface area contributed by atoms with Gasteiger partial charge in [-0.25, -0.2) is 0 Å². The molecule has 0 saturated heterocycles. The van der Waals surface area contributed by atoms with E-state index in [4.69, 9.17) is 10.9 Å². The molecule has 0 heterocycles. The zero-order valence-electron chi connectivity index (χ0n) is 8.58. The van der Waals surface area contributed by atoms with Crippen molar-refractivity contribution in [3.05, 3.63) is 0 Å². The van der Waals surface area contributed by atoms with Gasteiger partial charge in [0.15, 0.2) is 5.84 Å². The quantitative estimate of drug-likeness (QED) is 0.197. The molecule has 14 heavy (non-hydrogen) atoms. The van der Waals surface area contributed by atoms with Gasteiger partial charge >= 0.3 is 0 Å². The molecule has 6 heteroatoms. The first-order valence-electron chi connectivity index (χ1n) is 4.59. The number of hydrogen-bond acceptors (Lipinski definition) is 4. The highest BCUT2D eigenvalue weighted by atomic mass is 16.4. The van der Waals surface area contributed by atoms with E-state index in [1.807, 2.05) is 6.92 Å². The average Bonchev–Trinajstić information content (AvgIpc) is 2.21. The van der Waals surface area contributed by atoms with E-state index in [9.17, 15) is 4.79 Å². The maximum atomic E-state index is 11.1. The molecule has 1 amide bonds. The molecule has 0 saturated carbocycles. The van der Waals surface area contributed by atoms with Crippen LogP contribution in [0.5, 0.6) is 0 Å². The molecular formula is C8H18N4O2. The molecule has 82 valence electrons. The maximum Gasteiger partial charge on any atom is 0.233 e. The van der Waals surface area contributed by atoms with Crippen LogP contribution in [-0.2, 0) is 4.79 Å². The van der Waals surface area contributed by atoms with Crippen LogP contribution in [0.1, 0.15) is 20.3 Å². The summed E-state index contributed by atoms with van der Waals surface area (Å²) in [6.07, 6.45) is 0.904. The maximum absolute atomic E-state index is 11.1. The molecule has 1 atom stereocenters. The Kier molecular flexibility index (Phi) is 6.47. The van der Waals surface area contributed by atoms with E-state index in [1.54, 1.807) is 6.92 Å². The Bertz CT molecular complexity index is 206. The van der Waals surface area contributed by atoms with Crippen molar-refractivity contribution in [2.24, 2.45) is 10.9 Å². The second-order valence-corrected chi connectivity index (χ2v) is 2.98. The zero-order valence-corrected chi connectivity index (χ0v) is 8.58. The van der Waals surface area contributed by atoms with Crippen LogP contribution in [0.15, 0.2) is 5.16 Å². The van der Waals surface area contributed by atoms with Gasteiger partial charge < -0.3 is 16.3 Å². The highest BCUT2D eigenvalue weighted by molar-refractivity contribution is 5.85. The first kappa shape index (κ1) is 12.7. The molecular weight excluding hydrogens is 184 g/mol. The van der Waals surface area contributed by atoms with Gasteiger partial charge in [-0.3, -0.25) is 10.1 Å². The predicted octanol–water partition coefficient (Wildman–Crippen LogP) is -0.763. The summed E-state index contributed by atoms with van der Waals surface area (Å²) in [5.41, 5.74) is 5.31. The summed E-state index contributed by atoms with van der Waals surface area (Å²) in [5, 5.41) is 16.7. The number of hydrogen-bond donors (Lipinski definition) is 4. The third-order valence-corrected chi connectivity index (χ3v) is 1.70. The predicted molar refractivity (Wildman–Crippen MR) is 54.2 cm³/mol. The van der Waals surface area contributed by atoms with Gasteiger partial charge in [0.05, 0.1) is 12.6 Å². The number of carbonyl (C=O) groups excluding carboxylic acids is 1. The molecule has 0 aliphatic carbocycles. The molecule has 6 nitrogen and oxygen atoms in total. The van der Waals surface area contributed by atoms with E-state index in [0.717, 1.165) is 6.42 Å². The third-order valence-electron chi connectivity index (χ3n) is 1.70. The van der Waals surface area contributed by atoms with Gasteiger partial charge in [0.25, 0.3) is 0 Å². The zero-order chi connectivity index (χ0) is 11.0. The first-order valence-corrected chi connectivity index (χ1v) is 4.59. The number of rotatable bonds is 6. The minimum Gasteiger partial charge on any atom is -0.409 e. The van der Waals surface area contributed by atoms with Gasteiger partial charge in [-0.2, -0.15) is 0 Å². The van der Waals surface area contributed by atoms with E-state index in [2.05, 4.69) is 15.8 Å². The van der Waals surface area contributed by atoms with Crippen molar-refractivity contribution in [3.63, 3.8) is 0 Å². The fourth-order valence-corrected chi connectivity index (χ4v) is 0.764. The van der Waals surface area contributed by atoms with Gasteiger partial charge in [0.2, 0.25) is 5.91 Å². The van der Waals surface area contributed by atoms with Crippen molar-refractivity contribution < 1.29 is 10.0 Å². The molecule has 0 aliphatic heterocycles. The number of amidine groups is 1. The molecule has 0 aromatic heterocycles. The third kappa shape index (κ3) is 5.36. The molecule has 1 unspecified atom stereocenters. The van der Waals surface area contributed by atoms with E-state index in [1.165, 1.54) is 0 Å². The van der Waals surface area contributed by atoms with Crippen molar-refractivity contribution in [2.75, 3.05) is 13.1 Å². The molecule has 0 bridgehead atoms. The minimum absolute atomic E-state index is 0.0632. The summed E-state index contributed by atoms with van der Waals surface area (Å²) >= 11 is 0. The fraction of sp³-hybridized carbons (Fsp3) is 0.750. The second kappa shape index (κ2) is 7.14.